The Balaban J connectivity index is 2.03. The maximum atomic E-state index is 12.3. The Morgan fingerprint density at radius 1 is 1.00 bits per heavy atom. The highest BCUT2D eigenvalue weighted by atomic mass is 35.5. The highest BCUT2D eigenvalue weighted by Crippen LogP contribution is 2.23. The van der Waals surface area contributed by atoms with Gasteiger partial charge in [-0.2, -0.15) is 0 Å². The molecule has 2 rings (SSSR count). The molecule has 1 amide bonds. The van der Waals surface area contributed by atoms with E-state index in [0.29, 0.717) is 22.2 Å². The molecule has 2 aromatic carbocycles. The van der Waals surface area contributed by atoms with Crippen molar-refractivity contribution in [3.63, 3.8) is 0 Å². The number of rotatable bonds is 6. The van der Waals surface area contributed by atoms with Crippen molar-refractivity contribution >= 4 is 29.2 Å². The molecular weight excluding hydrogens is 346 g/mol. The van der Waals surface area contributed by atoms with Crippen LogP contribution >= 0.6 is 11.6 Å². The second-order valence-electron chi connectivity index (χ2n) is 5.15. The topological polar surface area (TPSA) is 73.9 Å². The zero-order chi connectivity index (χ0) is 18.4. The molecule has 2 aromatic rings. The van der Waals surface area contributed by atoms with Gasteiger partial charge < -0.3 is 19.5 Å². The molecule has 1 atom stereocenters. The number of hydrogen-bond donors (Lipinski definition) is 1. The summed E-state index contributed by atoms with van der Waals surface area (Å²) in [7, 11) is 2.96. The normalized spacial score (nSPS) is 11.4. The fourth-order valence-corrected chi connectivity index (χ4v) is 2.11. The van der Waals surface area contributed by atoms with Crippen molar-refractivity contribution < 1.29 is 23.8 Å². The molecule has 25 heavy (non-hydrogen) atoms. The summed E-state index contributed by atoms with van der Waals surface area (Å²) in [5.74, 6) is -0.212. The van der Waals surface area contributed by atoms with Crippen molar-refractivity contribution in [2.75, 3.05) is 19.5 Å². The van der Waals surface area contributed by atoms with Gasteiger partial charge in [-0.3, -0.25) is 4.79 Å². The van der Waals surface area contributed by atoms with Crippen LogP contribution < -0.4 is 14.8 Å². The highest BCUT2D eigenvalue weighted by molar-refractivity contribution is 6.30. The lowest BCUT2D eigenvalue weighted by Crippen LogP contribution is -2.30. The first-order valence-electron chi connectivity index (χ1n) is 7.43. The third-order valence-corrected chi connectivity index (χ3v) is 3.60. The minimum absolute atomic E-state index is 0.224. The van der Waals surface area contributed by atoms with Crippen LogP contribution in [-0.2, 0) is 9.53 Å². The Bertz CT molecular complexity index is 738. The van der Waals surface area contributed by atoms with Crippen LogP contribution in [0.25, 0.3) is 0 Å². The third kappa shape index (κ3) is 5.12. The van der Waals surface area contributed by atoms with Crippen molar-refractivity contribution in [2.45, 2.75) is 13.0 Å². The lowest BCUT2D eigenvalue weighted by atomic mass is 10.2. The van der Waals surface area contributed by atoms with Crippen LogP contribution in [0.5, 0.6) is 11.5 Å². The molecule has 0 aromatic heterocycles. The Hall–Kier alpha value is -2.73. The molecule has 0 aliphatic rings. The standard InChI is InChI=1S/C18H18ClNO5/c1-11(17(21)20-14-6-4-13(19)5-7-14)25-18(22)12-8-15(23-2)10-16(9-12)24-3/h4-11H,1-3H3,(H,20,21)/t11-/m0/s1. The highest BCUT2D eigenvalue weighted by Gasteiger charge is 2.20. The van der Waals surface area contributed by atoms with Crippen LogP contribution in [0.4, 0.5) is 5.69 Å². The second kappa shape index (κ2) is 8.39. The minimum Gasteiger partial charge on any atom is -0.497 e. The smallest absolute Gasteiger partial charge is 0.339 e. The monoisotopic (exact) mass is 363 g/mol. The molecule has 7 heteroatoms. The fourth-order valence-electron chi connectivity index (χ4n) is 1.98. The van der Waals surface area contributed by atoms with Crippen molar-refractivity contribution in [1.29, 1.82) is 0 Å². The maximum Gasteiger partial charge on any atom is 0.339 e. The van der Waals surface area contributed by atoms with Gasteiger partial charge in [0.15, 0.2) is 6.10 Å². The molecule has 1 N–H and O–H groups in total. The molecule has 0 unspecified atom stereocenters. The number of carbonyl (C=O) groups is 2. The first kappa shape index (κ1) is 18.6. The van der Waals surface area contributed by atoms with Crippen LogP contribution in [0.1, 0.15) is 17.3 Å². The summed E-state index contributed by atoms with van der Waals surface area (Å²) in [5.41, 5.74) is 0.780. The van der Waals surface area contributed by atoms with Gasteiger partial charge in [-0.05, 0) is 43.3 Å². The number of halogens is 1. The van der Waals surface area contributed by atoms with Crippen LogP contribution in [0.2, 0.25) is 5.02 Å². The van der Waals surface area contributed by atoms with Crippen LogP contribution in [0, 0.1) is 0 Å². The minimum atomic E-state index is -0.986. The fraction of sp³-hybridized carbons (Fsp3) is 0.222. The molecule has 132 valence electrons. The Morgan fingerprint density at radius 3 is 2.08 bits per heavy atom. The van der Waals surface area contributed by atoms with E-state index >= 15 is 0 Å². The van der Waals surface area contributed by atoms with Gasteiger partial charge >= 0.3 is 5.97 Å². The molecule has 0 radical (unpaired) electrons. The number of esters is 1. The number of nitrogens with one attached hydrogen (secondary N) is 1. The van der Waals surface area contributed by atoms with Crippen LogP contribution in [0.3, 0.4) is 0 Å². The molecule has 0 fully saturated rings. The predicted octanol–water partition coefficient (Wildman–Crippen LogP) is 3.54. The van der Waals surface area contributed by atoms with E-state index < -0.39 is 18.0 Å². The summed E-state index contributed by atoms with van der Waals surface area (Å²) in [5, 5.41) is 3.21. The summed E-state index contributed by atoms with van der Waals surface area (Å²) >= 11 is 5.79. The molecule has 0 aliphatic heterocycles. The molecule has 0 aliphatic carbocycles. The van der Waals surface area contributed by atoms with Gasteiger partial charge in [0, 0.05) is 16.8 Å². The first-order valence-corrected chi connectivity index (χ1v) is 7.81. The molecular formula is C18H18ClNO5. The third-order valence-electron chi connectivity index (χ3n) is 3.35. The van der Waals surface area contributed by atoms with E-state index in [1.165, 1.54) is 33.3 Å². The average Bonchev–Trinajstić information content (AvgIpc) is 2.62. The number of carbonyl (C=O) groups excluding carboxylic acids is 2. The Morgan fingerprint density at radius 2 is 1.56 bits per heavy atom. The van der Waals surface area contributed by atoms with E-state index in [2.05, 4.69) is 5.32 Å². The maximum absolute atomic E-state index is 12.3. The van der Waals surface area contributed by atoms with Gasteiger partial charge in [0.25, 0.3) is 5.91 Å². The number of ether oxygens (including phenoxy) is 3. The van der Waals surface area contributed by atoms with Crippen molar-refractivity contribution in [3.05, 3.63) is 53.1 Å². The first-order chi connectivity index (χ1) is 11.9. The van der Waals surface area contributed by atoms with Crippen molar-refractivity contribution in [2.24, 2.45) is 0 Å². The SMILES string of the molecule is COc1cc(OC)cc(C(=O)O[C@@H](C)C(=O)Nc2ccc(Cl)cc2)c1. The van der Waals surface area contributed by atoms with E-state index in [1.54, 1.807) is 30.3 Å². The van der Waals surface area contributed by atoms with Crippen LogP contribution in [0.15, 0.2) is 42.5 Å². The van der Waals surface area contributed by atoms with Gasteiger partial charge in [0.05, 0.1) is 19.8 Å². The zero-order valence-electron chi connectivity index (χ0n) is 14.0. The van der Waals surface area contributed by atoms with Gasteiger partial charge in [-0.1, -0.05) is 11.6 Å². The number of benzene rings is 2. The van der Waals surface area contributed by atoms with Gasteiger partial charge in [0.1, 0.15) is 11.5 Å². The average molecular weight is 364 g/mol. The number of anilines is 1. The van der Waals surface area contributed by atoms with Crippen molar-refractivity contribution in [3.8, 4) is 11.5 Å². The quantitative estimate of drug-likeness (QED) is 0.794. The predicted molar refractivity (Wildman–Crippen MR) is 94.5 cm³/mol. The number of amides is 1. The molecule has 6 nitrogen and oxygen atoms in total. The molecule has 0 saturated heterocycles. The van der Waals surface area contributed by atoms with E-state index in [-0.39, 0.29) is 5.56 Å². The van der Waals surface area contributed by atoms with E-state index in [0.717, 1.165) is 0 Å². The summed E-state index contributed by atoms with van der Waals surface area (Å²) in [6, 6.07) is 11.3. The van der Waals surface area contributed by atoms with Gasteiger partial charge in [0.2, 0.25) is 0 Å². The lowest BCUT2D eigenvalue weighted by Gasteiger charge is -2.14. The van der Waals surface area contributed by atoms with E-state index in [1.807, 2.05) is 0 Å². The lowest BCUT2D eigenvalue weighted by molar-refractivity contribution is -0.123. The Labute approximate surface area is 150 Å². The molecule has 0 bridgehead atoms. The zero-order valence-corrected chi connectivity index (χ0v) is 14.8. The largest absolute Gasteiger partial charge is 0.497 e. The van der Waals surface area contributed by atoms with Crippen LogP contribution in [-0.4, -0.2) is 32.2 Å². The summed E-state index contributed by atoms with van der Waals surface area (Å²) in [4.78, 5) is 24.4. The number of hydrogen-bond acceptors (Lipinski definition) is 5. The number of methoxy groups -OCH3 is 2. The Kier molecular flexibility index (Phi) is 6.25. The molecule has 0 heterocycles. The second-order valence-corrected chi connectivity index (χ2v) is 5.58. The van der Waals surface area contributed by atoms with Crippen molar-refractivity contribution in [1.82, 2.24) is 0 Å². The summed E-state index contributed by atoms with van der Waals surface area (Å²) < 4.78 is 15.4. The van der Waals surface area contributed by atoms with Gasteiger partial charge in [-0.25, -0.2) is 4.79 Å². The summed E-state index contributed by atoms with van der Waals surface area (Å²) in [6.07, 6.45) is -0.986. The summed E-state index contributed by atoms with van der Waals surface area (Å²) in [6.45, 7) is 1.49. The van der Waals surface area contributed by atoms with Gasteiger partial charge in [-0.15, -0.1) is 0 Å². The van der Waals surface area contributed by atoms with E-state index in [4.69, 9.17) is 25.8 Å². The molecule has 0 saturated carbocycles. The molecule has 0 spiro atoms. The van der Waals surface area contributed by atoms with E-state index in [9.17, 15) is 9.59 Å².